The van der Waals surface area contributed by atoms with Gasteiger partial charge in [0.2, 0.25) is 0 Å². The molecule has 0 aromatic rings. The molecule has 1 N–H and O–H groups in total. The highest BCUT2D eigenvalue weighted by Gasteiger charge is 2.43. The van der Waals surface area contributed by atoms with E-state index in [1.54, 1.807) is 18.4 Å². The van der Waals surface area contributed by atoms with Crippen LogP contribution in [0.5, 0.6) is 0 Å². The van der Waals surface area contributed by atoms with Crippen LogP contribution in [0.3, 0.4) is 0 Å². The molecular formula is C11H8N2O. The highest BCUT2D eigenvalue weighted by molar-refractivity contribution is 6.12. The van der Waals surface area contributed by atoms with Gasteiger partial charge in [-0.25, -0.2) is 0 Å². The molecule has 3 nitrogen and oxygen atoms in total. The van der Waals surface area contributed by atoms with E-state index < -0.39 is 5.66 Å². The number of carbonyl (C=O) groups excluding carboxylic acids is 1. The summed E-state index contributed by atoms with van der Waals surface area (Å²) in [5.74, 6) is 0.0300. The summed E-state index contributed by atoms with van der Waals surface area (Å²) < 4.78 is 0. The van der Waals surface area contributed by atoms with Gasteiger partial charge < -0.3 is 5.32 Å². The monoisotopic (exact) mass is 184 g/mol. The van der Waals surface area contributed by atoms with Gasteiger partial charge in [0.05, 0.1) is 5.57 Å². The Morgan fingerprint density at radius 2 is 2.21 bits per heavy atom. The van der Waals surface area contributed by atoms with Crippen molar-refractivity contribution in [2.45, 2.75) is 5.66 Å². The summed E-state index contributed by atoms with van der Waals surface area (Å²) in [5.41, 5.74) is 1.09. The second-order valence-corrected chi connectivity index (χ2v) is 3.39. The molecule has 2 heterocycles. The number of dihydropyridines is 1. The molecule has 0 aromatic heterocycles. The van der Waals surface area contributed by atoms with E-state index in [2.05, 4.69) is 10.3 Å². The summed E-state index contributed by atoms with van der Waals surface area (Å²) >= 11 is 0. The summed E-state index contributed by atoms with van der Waals surface area (Å²) in [6, 6.07) is 0. The van der Waals surface area contributed by atoms with Gasteiger partial charge in [-0.05, 0) is 24.4 Å². The van der Waals surface area contributed by atoms with Crippen molar-refractivity contribution in [3.63, 3.8) is 0 Å². The zero-order chi connectivity index (χ0) is 9.60. The zero-order valence-electron chi connectivity index (χ0n) is 7.40. The molecule has 0 bridgehead atoms. The Hall–Kier alpha value is -1.90. The van der Waals surface area contributed by atoms with Crippen molar-refractivity contribution in [2.75, 3.05) is 0 Å². The number of aliphatic imine (C=N–C) groups is 1. The molecule has 0 fully saturated rings. The minimum absolute atomic E-state index is 0.0300. The van der Waals surface area contributed by atoms with Crippen LogP contribution in [-0.4, -0.2) is 17.7 Å². The Labute approximate surface area is 81.2 Å². The van der Waals surface area contributed by atoms with Gasteiger partial charge in [-0.2, -0.15) is 0 Å². The predicted octanol–water partition coefficient (Wildman–Crippen LogP) is 0.876. The minimum Gasteiger partial charge on any atom is -0.360 e. The van der Waals surface area contributed by atoms with E-state index >= 15 is 0 Å². The van der Waals surface area contributed by atoms with Gasteiger partial charge >= 0.3 is 0 Å². The lowest BCUT2D eigenvalue weighted by Gasteiger charge is -2.34. The maximum Gasteiger partial charge on any atom is 0.186 e. The molecule has 0 amide bonds. The summed E-state index contributed by atoms with van der Waals surface area (Å²) in [4.78, 5) is 15.9. The van der Waals surface area contributed by atoms with Crippen molar-refractivity contribution in [1.29, 1.82) is 0 Å². The Balaban J connectivity index is 2.27. The van der Waals surface area contributed by atoms with E-state index in [1.807, 2.05) is 24.4 Å². The van der Waals surface area contributed by atoms with Crippen LogP contribution in [0.2, 0.25) is 0 Å². The smallest absolute Gasteiger partial charge is 0.186 e. The van der Waals surface area contributed by atoms with Crippen LogP contribution in [-0.2, 0) is 4.79 Å². The van der Waals surface area contributed by atoms with Crippen LogP contribution in [0.1, 0.15) is 0 Å². The van der Waals surface area contributed by atoms with E-state index in [0.29, 0.717) is 5.57 Å². The normalized spacial score (nSPS) is 31.9. The molecule has 3 heteroatoms. The fourth-order valence-electron chi connectivity index (χ4n) is 1.98. The minimum atomic E-state index is -0.624. The maximum atomic E-state index is 11.6. The van der Waals surface area contributed by atoms with Crippen molar-refractivity contribution in [3.8, 4) is 0 Å². The first-order valence-electron chi connectivity index (χ1n) is 4.46. The second kappa shape index (κ2) is 2.32. The number of hydrogen-bond donors (Lipinski definition) is 1. The lowest BCUT2D eigenvalue weighted by molar-refractivity contribution is -0.112. The third kappa shape index (κ3) is 0.719. The first kappa shape index (κ1) is 7.50. The molecule has 1 spiro atoms. The van der Waals surface area contributed by atoms with E-state index in [-0.39, 0.29) is 5.78 Å². The first-order chi connectivity index (χ1) is 6.83. The van der Waals surface area contributed by atoms with Gasteiger partial charge in [0.15, 0.2) is 11.4 Å². The average molecular weight is 184 g/mol. The summed E-state index contributed by atoms with van der Waals surface area (Å²) in [5, 5.41) is 3.14. The SMILES string of the molecule is O=C1C=CC2=CC=CNC23N=CC=C13. The van der Waals surface area contributed by atoms with Crippen LogP contribution >= 0.6 is 0 Å². The first-order valence-corrected chi connectivity index (χ1v) is 4.46. The zero-order valence-corrected chi connectivity index (χ0v) is 7.40. The molecule has 1 aliphatic carbocycles. The predicted molar refractivity (Wildman–Crippen MR) is 53.8 cm³/mol. The van der Waals surface area contributed by atoms with Crippen molar-refractivity contribution in [1.82, 2.24) is 5.32 Å². The molecular weight excluding hydrogens is 176 g/mol. The number of allylic oxidation sites excluding steroid dienone is 4. The summed E-state index contributed by atoms with van der Waals surface area (Å²) in [7, 11) is 0. The molecule has 0 radical (unpaired) electrons. The molecule has 0 saturated heterocycles. The third-order valence-electron chi connectivity index (χ3n) is 2.66. The summed E-state index contributed by atoms with van der Waals surface area (Å²) in [6.45, 7) is 0. The number of rotatable bonds is 0. The van der Waals surface area contributed by atoms with Crippen molar-refractivity contribution in [2.24, 2.45) is 4.99 Å². The van der Waals surface area contributed by atoms with Crippen molar-refractivity contribution >= 4 is 12.0 Å². The molecule has 1 unspecified atom stereocenters. The Morgan fingerprint density at radius 3 is 3.14 bits per heavy atom. The van der Waals surface area contributed by atoms with Crippen molar-refractivity contribution < 1.29 is 4.79 Å². The summed E-state index contributed by atoms with van der Waals surface area (Å²) in [6.07, 6.45) is 12.5. The molecule has 3 aliphatic rings. The molecule has 0 saturated carbocycles. The second-order valence-electron chi connectivity index (χ2n) is 3.39. The molecule has 68 valence electrons. The standard InChI is InChI=1S/C11H8N2O/c14-10-4-3-8-2-1-6-12-11(8)9(10)5-7-13-11/h1-7,12H. The van der Waals surface area contributed by atoms with Gasteiger partial charge in [-0.1, -0.05) is 12.2 Å². The lowest BCUT2D eigenvalue weighted by Crippen LogP contribution is -2.47. The molecule has 1 atom stereocenters. The Kier molecular flexibility index (Phi) is 1.24. The van der Waals surface area contributed by atoms with Crippen LogP contribution in [0, 0.1) is 0 Å². The van der Waals surface area contributed by atoms with E-state index in [9.17, 15) is 4.79 Å². The van der Waals surface area contributed by atoms with E-state index in [4.69, 9.17) is 0 Å². The molecule has 2 aliphatic heterocycles. The van der Waals surface area contributed by atoms with Gasteiger partial charge in [-0.15, -0.1) is 0 Å². The van der Waals surface area contributed by atoms with Crippen LogP contribution < -0.4 is 5.32 Å². The highest BCUT2D eigenvalue weighted by Crippen LogP contribution is 2.36. The maximum absolute atomic E-state index is 11.6. The van der Waals surface area contributed by atoms with Gasteiger partial charge in [-0.3, -0.25) is 9.79 Å². The number of nitrogens with zero attached hydrogens (tertiary/aromatic N) is 1. The highest BCUT2D eigenvalue weighted by atomic mass is 16.1. The number of carbonyl (C=O) groups is 1. The Bertz CT molecular complexity index is 466. The number of ketones is 1. The van der Waals surface area contributed by atoms with Crippen LogP contribution in [0.4, 0.5) is 0 Å². The van der Waals surface area contributed by atoms with E-state index in [1.165, 1.54) is 0 Å². The van der Waals surface area contributed by atoms with Gasteiger partial charge in [0.25, 0.3) is 0 Å². The largest absolute Gasteiger partial charge is 0.360 e. The molecule has 14 heavy (non-hydrogen) atoms. The Morgan fingerprint density at radius 1 is 1.29 bits per heavy atom. The van der Waals surface area contributed by atoms with Crippen LogP contribution in [0.15, 0.2) is 52.7 Å². The van der Waals surface area contributed by atoms with Crippen LogP contribution in [0.25, 0.3) is 0 Å². The number of nitrogens with one attached hydrogen (secondary N) is 1. The molecule has 3 rings (SSSR count). The van der Waals surface area contributed by atoms with Gasteiger partial charge in [0.1, 0.15) is 0 Å². The quantitative estimate of drug-likeness (QED) is 0.607. The lowest BCUT2D eigenvalue weighted by atomic mass is 9.83. The van der Waals surface area contributed by atoms with E-state index in [0.717, 1.165) is 5.57 Å². The average Bonchev–Trinajstić information content (AvgIpc) is 2.62. The molecule has 0 aromatic carbocycles. The van der Waals surface area contributed by atoms with Crippen molar-refractivity contribution in [3.05, 3.63) is 47.7 Å². The van der Waals surface area contributed by atoms with Gasteiger partial charge in [0, 0.05) is 11.8 Å². The number of hydrogen-bond acceptors (Lipinski definition) is 3. The topological polar surface area (TPSA) is 41.5 Å². The fraction of sp³-hybridized carbons (Fsp3) is 0.0909. The fourth-order valence-corrected chi connectivity index (χ4v) is 1.98. The third-order valence-corrected chi connectivity index (χ3v) is 2.66.